The molecule has 4 heteroatoms. The maximum atomic E-state index is 5.21. The Morgan fingerprint density at radius 1 is 1.29 bits per heavy atom. The molecule has 0 aliphatic heterocycles. The molecule has 0 atom stereocenters. The predicted octanol–water partition coefficient (Wildman–Crippen LogP) is 2.71. The van der Waals surface area contributed by atoms with E-state index in [0.717, 1.165) is 16.5 Å². The van der Waals surface area contributed by atoms with E-state index in [0.29, 0.717) is 10.6 Å². The van der Waals surface area contributed by atoms with Crippen molar-refractivity contribution in [3.63, 3.8) is 0 Å². The number of fused-ring (bicyclic) bond motifs is 1. The molecular weight excluding hydrogens is 244 g/mol. The number of methoxy groups -OCH3 is 1. The molecule has 0 amide bonds. The molecule has 1 heterocycles. The second-order valence-electron chi connectivity index (χ2n) is 2.97. The van der Waals surface area contributed by atoms with Crippen LogP contribution in [0, 0.1) is 6.92 Å². The van der Waals surface area contributed by atoms with Crippen molar-refractivity contribution in [1.82, 2.24) is 9.97 Å². The molecule has 2 aromatic rings. The topological polar surface area (TPSA) is 35.0 Å². The fourth-order valence-electron chi connectivity index (χ4n) is 1.44. The van der Waals surface area contributed by atoms with Crippen LogP contribution in [0.2, 0.25) is 0 Å². The van der Waals surface area contributed by atoms with Crippen molar-refractivity contribution >= 4 is 26.8 Å². The Kier molecular flexibility index (Phi) is 2.37. The van der Waals surface area contributed by atoms with Crippen LogP contribution in [0.3, 0.4) is 0 Å². The predicted molar refractivity (Wildman–Crippen MR) is 58.5 cm³/mol. The summed E-state index contributed by atoms with van der Waals surface area (Å²) in [5.41, 5.74) is 2.01. The fourth-order valence-corrected chi connectivity index (χ4v) is 1.79. The molecule has 0 aliphatic rings. The van der Waals surface area contributed by atoms with Gasteiger partial charge in [0, 0.05) is 0 Å². The van der Waals surface area contributed by atoms with E-state index in [1.54, 1.807) is 7.11 Å². The third-order valence-electron chi connectivity index (χ3n) is 2.06. The standard InChI is InChI=1S/C10H9BrN2O/c1-6-4-3-5-7-8(6)9(14-2)13-10(11)12-7/h3-5H,1-2H3. The first-order valence-electron chi connectivity index (χ1n) is 4.19. The summed E-state index contributed by atoms with van der Waals surface area (Å²) in [5.74, 6) is 0.611. The smallest absolute Gasteiger partial charge is 0.225 e. The molecule has 0 radical (unpaired) electrons. The molecule has 0 spiro atoms. The molecule has 0 N–H and O–H groups in total. The number of aryl methyl sites for hydroxylation is 1. The monoisotopic (exact) mass is 252 g/mol. The van der Waals surface area contributed by atoms with E-state index in [9.17, 15) is 0 Å². The van der Waals surface area contributed by atoms with Gasteiger partial charge in [0.1, 0.15) is 0 Å². The van der Waals surface area contributed by atoms with Gasteiger partial charge in [-0.15, -0.1) is 0 Å². The molecule has 0 aliphatic carbocycles. The molecule has 3 nitrogen and oxygen atoms in total. The minimum absolute atomic E-state index is 0.549. The fraction of sp³-hybridized carbons (Fsp3) is 0.200. The quantitative estimate of drug-likeness (QED) is 0.733. The first-order valence-corrected chi connectivity index (χ1v) is 4.98. The highest BCUT2D eigenvalue weighted by Gasteiger charge is 2.08. The zero-order valence-corrected chi connectivity index (χ0v) is 9.50. The SMILES string of the molecule is COc1nc(Br)nc2cccc(C)c12. The molecule has 0 saturated carbocycles. The third kappa shape index (κ3) is 1.46. The number of rotatable bonds is 1. The van der Waals surface area contributed by atoms with Crippen molar-refractivity contribution in [2.75, 3.05) is 7.11 Å². The zero-order chi connectivity index (χ0) is 10.1. The molecule has 72 valence electrons. The summed E-state index contributed by atoms with van der Waals surface area (Å²) in [6.07, 6.45) is 0. The van der Waals surface area contributed by atoms with Gasteiger partial charge < -0.3 is 4.74 Å². The Morgan fingerprint density at radius 3 is 2.79 bits per heavy atom. The van der Waals surface area contributed by atoms with E-state index >= 15 is 0 Å². The summed E-state index contributed by atoms with van der Waals surface area (Å²) >= 11 is 3.25. The maximum absolute atomic E-state index is 5.21. The van der Waals surface area contributed by atoms with Crippen LogP contribution in [0.15, 0.2) is 22.9 Å². The van der Waals surface area contributed by atoms with Gasteiger partial charge in [-0.3, -0.25) is 0 Å². The van der Waals surface area contributed by atoms with E-state index in [4.69, 9.17) is 4.74 Å². The lowest BCUT2D eigenvalue weighted by Gasteiger charge is -2.06. The first-order chi connectivity index (χ1) is 6.72. The number of halogens is 1. The van der Waals surface area contributed by atoms with Gasteiger partial charge in [-0.1, -0.05) is 12.1 Å². The molecule has 1 aromatic carbocycles. The van der Waals surface area contributed by atoms with Crippen molar-refractivity contribution in [2.24, 2.45) is 0 Å². The summed E-state index contributed by atoms with van der Waals surface area (Å²) in [4.78, 5) is 8.43. The summed E-state index contributed by atoms with van der Waals surface area (Å²) in [6, 6.07) is 5.93. The van der Waals surface area contributed by atoms with Gasteiger partial charge in [0.05, 0.1) is 18.0 Å². The number of hydrogen-bond acceptors (Lipinski definition) is 3. The number of hydrogen-bond donors (Lipinski definition) is 0. The van der Waals surface area contributed by atoms with Crippen LogP contribution in [0.25, 0.3) is 10.9 Å². The molecule has 0 bridgehead atoms. The van der Waals surface area contributed by atoms with E-state index in [1.807, 2.05) is 25.1 Å². The minimum Gasteiger partial charge on any atom is -0.480 e. The maximum Gasteiger partial charge on any atom is 0.225 e. The summed E-state index contributed by atoms with van der Waals surface area (Å²) < 4.78 is 5.76. The molecule has 1 aromatic heterocycles. The second kappa shape index (κ2) is 3.53. The highest BCUT2D eigenvalue weighted by Crippen LogP contribution is 2.26. The third-order valence-corrected chi connectivity index (χ3v) is 2.42. The van der Waals surface area contributed by atoms with Crippen LogP contribution < -0.4 is 4.74 Å². The first kappa shape index (κ1) is 9.40. The average molecular weight is 253 g/mol. The number of aromatic nitrogens is 2. The number of ether oxygens (including phenoxy) is 1. The average Bonchev–Trinajstić information content (AvgIpc) is 2.16. The van der Waals surface area contributed by atoms with Crippen LogP contribution >= 0.6 is 15.9 Å². The van der Waals surface area contributed by atoms with Crippen LogP contribution in [0.1, 0.15) is 5.56 Å². The highest BCUT2D eigenvalue weighted by molar-refractivity contribution is 9.10. The van der Waals surface area contributed by atoms with Gasteiger partial charge >= 0.3 is 0 Å². The van der Waals surface area contributed by atoms with E-state index < -0.39 is 0 Å². The molecular formula is C10H9BrN2O. The Bertz CT molecular complexity index is 485. The highest BCUT2D eigenvalue weighted by atomic mass is 79.9. The zero-order valence-electron chi connectivity index (χ0n) is 7.91. The Labute approximate surface area is 90.3 Å². The van der Waals surface area contributed by atoms with E-state index in [-0.39, 0.29) is 0 Å². The summed E-state index contributed by atoms with van der Waals surface area (Å²) in [5, 5.41) is 0.971. The molecule has 0 unspecified atom stereocenters. The van der Waals surface area contributed by atoms with E-state index in [1.165, 1.54) is 0 Å². The number of benzene rings is 1. The van der Waals surface area contributed by atoms with Crippen molar-refractivity contribution in [1.29, 1.82) is 0 Å². The summed E-state index contributed by atoms with van der Waals surface area (Å²) in [7, 11) is 1.61. The lowest BCUT2D eigenvalue weighted by molar-refractivity contribution is 0.401. The van der Waals surface area contributed by atoms with Gasteiger partial charge in [-0.05, 0) is 34.5 Å². The van der Waals surface area contributed by atoms with Crippen molar-refractivity contribution < 1.29 is 4.74 Å². The van der Waals surface area contributed by atoms with Gasteiger partial charge in [-0.2, -0.15) is 4.98 Å². The van der Waals surface area contributed by atoms with E-state index in [2.05, 4.69) is 25.9 Å². The summed E-state index contributed by atoms with van der Waals surface area (Å²) in [6.45, 7) is 2.02. The van der Waals surface area contributed by atoms with Crippen molar-refractivity contribution in [3.8, 4) is 5.88 Å². The van der Waals surface area contributed by atoms with Crippen LogP contribution in [-0.2, 0) is 0 Å². The van der Waals surface area contributed by atoms with Gasteiger partial charge in [0.25, 0.3) is 0 Å². The Morgan fingerprint density at radius 2 is 2.07 bits per heavy atom. The van der Waals surface area contributed by atoms with Crippen LogP contribution in [-0.4, -0.2) is 17.1 Å². The van der Waals surface area contributed by atoms with Crippen LogP contribution in [0.5, 0.6) is 5.88 Å². The lowest BCUT2D eigenvalue weighted by Crippen LogP contribution is -1.94. The second-order valence-corrected chi connectivity index (χ2v) is 3.68. The number of nitrogens with zero attached hydrogens (tertiary/aromatic N) is 2. The van der Waals surface area contributed by atoms with Crippen molar-refractivity contribution in [2.45, 2.75) is 6.92 Å². The molecule has 0 saturated heterocycles. The Balaban J connectivity index is 2.88. The molecule has 14 heavy (non-hydrogen) atoms. The minimum atomic E-state index is 0.549. The molecule has 0 fully saturated rings. The molecule has 2 rings (SSSR count). The van der Waals surface area contributed by atoms with Gasteiger partial charge in [-0.25, -0.2) is 4.98 Å². The van der Waals surface area contributed by atoms with Gasteiger partial charge in [0.2, 0.25) is 10.6 Å². The van der Waals surface area contributed by atoms with Crippen LogP contribution in [0.4, 0.5) is 0 Å². The Hall–Kier alpha value is -1.16. The lowest BCUT2D eigenvalue weighted by atomic mass is 10.1. The van der Waals surface area contributed by atoms with Crippen molar-refractivity contribution in [3.05, 3.63) is 28.5 Å². The largest absolute Gasteiger partial charge is 0.480 e. The van der Waals surface area contributed by atoms with Gasteiger partial charge in [0.15, 0.2) is 0 Å². The normalized spacial score (nSPS) is 10.5.